The van der Waals surface area contributed by atoms with Crippen LogP contribution in [-0.2, 0) is 9.53 Å². The Morgan fingerprint density at radius 2 is 1.86 bits per heavy atom. The maximum atomic E-state index is 10.4. The van der Waals surface area contributed by atoms with E-state index in [1.807, 2.05) is 0 Å². The second kappa shape index (κ2) is 7.40. The first-order valence-electron chi connectivity index (χ1n) is 3.97. The van der Waals surface area contributed by atoms with Crippen LogP contribution in [0.15, 0.2) is 0 Å². The van der Waals surface area contributed by atoms with Gasteiger partial charge in [-0.05, 0) is 0 Å². The number of nitrogens with two attached hydrogens (primary N) is 1. The molecule has 6 nitrogen and oxygen atoms in total. The minimum Gasteiger partial charge on any atom is -0.480 e. The first kappa shape index (κ1) is 13.0. The molecule has 0 aromatic carbocycles. The molecule has 2 amide bonds. The highest BCUT2D eigenvalue weighted by Crippen LogP contribution is 1.94. The number of aliphatic carboxylic acids is 1. The van der Waals surface area contributed by atoms with E-state index in [1.54, 1.807) is 4.90 Å². The SMILES string of the molecule is NC(=O)N1CCOCC1.O=C(O)CCl. The van der Waals surface area contributed by atoms with Gasteiger partial charge in [-0.1, -0.05) is 0 Å². The molecule has 0 aromatic heterocycles. The highest BCUT2D eigenvalue weighted by atomic mass is 35.5. The van der Waals surface area contributed by atoms with Gasteiger partial charge in [0, 0.05) is 13.1 Å². The molecule has 0 saturated carbocycles. The molecule has 0 aromatic rings. The smallest absolute Gasteiger partial charge is 0.318 e. The number of halogens is 1. The topological polar surface area (TPSA) is 92.9 Å². The number of alkyl halides is 1. The highest BCUT2D eigenvalue weighted by Gasteiger charge is 2.12. The average molecular weight is 225 g/mol. The quantitative estimate of drug-likeness (QED) is 0.599. The Bertz CT molecular complexity index is 194. The molecule has 1 heterocycles. The number of morpholine rings is 1. The fourth-order valence-electron chi connectivity index (χ4n) is 0.784. The summed E-state index contributed by atoms with van der Waals surface area (Å²) in [5.74, 6) is -1.29. The predicted octanol–water partition coefficient (Wildman–Crippen LogP) is -0.293. The summed E-state index contributed by atoms with van der Waals surface area (Å²) in [6.45, 7) is 2.50. The minimum atomic E-state index is -0.980. The number of carbonyl (C=O) groups is 2. The Balaban J connectivity index is 0.000000292. The number of rotatable bonds is 1. The minimum absolute atomic E-state index is 0.306. The summed E-state index contributed by atoms with van der Waals surface area (Å²) in [4.78, 5) is 21.3. The molecule has 14 heavy (non-hydrogen) atoms. The normalized spacial score (nSPS) is 15.4. The number of urea groups is 1. The monoisotopic (exact) mass is 224 g/mol. The maximum absolute atomic E-state index is 10.4. The van der Waals surface area contributed by atoms with Crippen LogP contribution in [0.3, 0.4) is 0 Å². The summed E-state index contributed by atoms with van der Waals surface area (Å²) in [6.07, 6.45) is 0. The largest absolute Gasteiger partial charge is 0.480 e. The van der Waals surface area contributed by atoms with Crippen LogP contribution in [0.4, 0.5) is 4.79 Å². The standard InChI is InChI=1S/C5H10N2O2.C2H3ClO2/c6-5(8)7-1-3-9-4-2-7;3-1-2(4)5/h1-4H2,(H2,6,8);1H2,(H,4,5). The van der Waals surface area contributed by atoms with Crippen LogP contribution in [-0.4, -0.2) is 54.2 Å². The summed E-state index contributed by atoms with van der Waals surface area (Å²) < 4.78 is 5.00. The molecule has 1 rings (SSSR count). The lowest BCUT2D eigenvalue weighted by Crippen LogP contribution is -2.43. The van der Waals surface area contributed by atoms with Crippen LogP contribution >= 0.6 is 11.6 Å². The van der Waals surface area contributed by atoms with Gasteiger partial charge in [-0.25, -0.2) is 4.79 Å². The number of ether oxygens (including phenoxy) is 1. The number of hydrogen-bond acceptors (Lipinski definition) is 3. The Labute approximate surface area is 86.6 Å². The second-order valence-corrected chi connectivity index (χ2v) is 2.73. The van der Waals surface area contributed by atoms with Gasteiger partial charge in [-0.3, -0.25) is 4.79 Å². The van der Waals surface area contributed by atoms with Gasteiger partial charge < -0.3 is 20.5 Å². The van der Waals surface area contributed by atoms with E-state index in [-0.39, 0.29) is 11.9 Å². The molecule has 0 atom stereocenters. The first-order chi connectivity index (χ1) is 6.57. The Kier molecular flexibility index (Phi) is 6.87. The number of carboxylic acid groups (broad SMARTS) is 1. The second-order valence-electron chi connectivity index (χ2n) is 2.47. The third-order valence-corrected chi connectivity index (χ3v) is 1.67. The van der Waals surface area contributed by atoms with Gasteiger partial charge in [-0.15, -0.1) is 11.6 Å². The van der Waals surface area contributed by atoms with Crippen molar-refractivity contribution in [2.45, 2.75) is 0 Å². The van der Waals surface area contributed by atoms with Crippen molar-refractivity contribution in [3.63, 3.8) is 0 Å². The van der Waals surface area contributed by atoms with E-state index < -0.39 is 5.97 Å². The molecule has 1 aliphatic heterocycles. The van der Waals surface area contributed by atoms with Gasteiger partial charge >= 0.3 is 12.0 Å². The number of nitrogens with zero attached hydrogens (tertiary/aromatic N) is 1. The van der Waals surface area contributed by atoms with Gasteiger partial charge in [0.15, 0.2) is 0 Å². The van der Waals surface area contributed by atoms with Crippen LogP contribution in [0.5, 0.6) is 0 Å². The summed E-state index contributed by atoms with van der Waals surface area (Å²) in [5.41, 5.74) is 5.00. The van der Waals surface area contributed by atoms with Crippen LogP contribution in [0.1, 0.15) is 0 Å². The molecule has 0 spiro atoms. The van der Waals surface area contributed by atoms with Gasteiger partial charge in [0.1, 0.15) is 5.88 Å². The van der Waals surface area contributed by atoms with Gasteiger partial charge in [0.05, 0.1) is 13.2 Å². The molecule has 82 valence electrons. The first-order valence-corrected chi connectivity index (χ1v) is 4.51. The third kappa shape index (κ3) is 6.50. The summed E-state index contributed by atoms with van der Waals surface area (Å²) in [5, 5.41) is 7.59. The van der Waals surface area contributed by atoms with E-state index >= 15 is 0 Å². The van der Waals surface area contributed by atoms with Crippen molar-refractivity contribution in [1.82, 2.24) is 4.90 Å². The molecule has 0 aliphatic carbocycles. The van der Waals surface area contributed by atoms with Crippen molar-refractivity contribution < 1.29 is 19.4 Å². The van der Waals surface area contributed by atoms with E-state index in [2.05, 4.69) is 0 Å². The predicted molar refractivity (Wildman–Crippen MR) is 50.3 cm³/mol. The maximum Gasteiger partial charge on any atom is 0.318 e. The zero-order valence-electron chi connectivity index (χ0n) is 7.61. The van der Waals surface area contributed by atoms with E-state index in [0.29, 0.717) is 26.3 Å². The van der Waals surface area contributed by atoms with Crippen molar-refractivity contribution in [3.8, 4) is 0 Å². The van der Waals surface area contributed by atoms with Crippen molar-refractivity contribution in [2.75, 3.05) is 32.2 Å². The molecular weight excluding hydrogens is 212 g/mol. The zero-order chi connectivity index (χ0) is 11.0. The van der Waals surface area contributed by atoms with Gasteiger partial charge in [0.2, 0.25) is 0 Å². The third-order valence-electron chi connectivity index (χ3n) is 1.44. The zero-order valence-corrected chi connectivity index (χ0v) is 8.37. The lowest BCUT2D eigenvalue weighted by Gasteiger charge is -2.24. The Hall–Kier alpha value is -1.01. The lowest BCUT2D eigenvalue weighted by molar-refractivity contribution is -0.134. The molecule has 1 saturated heterocycles. The molecule has 0 unspecified atom stereocenters. The Morgan fingerprint density at radius 3 is 2.07 bits per heavy atom. The molecule has 7 heteroatoms. The number of primary amides is 1. The van der Waals surface area contributed by atoms with Crippen LogP contribution in [0.2, 0.25) is 0 Å². The van der Waals surface area contributed by atoms with Crippen LogP contribution in [0.25, 0.3) is 0 Å². The molecule has 0 bridgehead atoms. The van der Waals surface area contributed by atoms with Crippen molar-refractivity contribution in [2.24, 2.45) is 5.73 Å². The van der Waals surface area contributed by atoms with Crippen molar-refractivity contribution in [1.29, 1.82) is 0 Å². The highest BCUT2D eigenvalue weighted by molar-refractivity contribution is 6.26. The van der Waals surface area contributed by atoms with Crippen molar-refractivity contribution in [3.05, 3.63) is 0 Å². The summed E-state index contributed by atoms with van der Waals surface area (Å²) in [6, 6.07) is -0.349. The van der Waals surface area contributed by atoms with Crippen molar-refractivity contribution >= 4 is 23.6 Å². The Morgan fingerprint density at radius 1 is 1.43 bits per heavy atom. The molecule has 1 fully saturated rings. The van der Waals surface area contributed by atoms with E-state index in [9.17, 15) is 9.59 Å². The van der Waals surface area contributed by atoms with E-state index in [0.717, 1.165) is 0 Å². The number of amides is 2. The number of carboxylic acids is 1. The fourth-order valence-corrected chi connectivity index (χ4v) is 0.784. The summed E-state index contributed by atoms with van der Waals surface area (Å²) in [7, 11) is 0. The van der Waals surface area contributed by atoms with Crippen LogP contribution in [0, 0.1) is 0 Å². The molecule has 3 N–H and O–H groups in total. The number of carbonyl (C=O) groups excluding carboxylic acids is 1. The molecule has 0 radical (unpaired) electrons. The average Bonchev–Trinajstić information content (AvgIpc) is 2.20. The molecule has 1 aliphatic rings. The van der Waals surface area contributed by atoms with Gasteiger partial charge in [0.25, 0.3) is 0 Å². The summed E-state index contributed by atoms with van der Waals surface area (Å²) >= 11 is 4.74. The molecular formula is C7H13ClN2O4. The lowest BCUT2D eigenvalue weighted by atomic mass is 10.4. The van der Waals surface area contributed by atoms with Crippen LogP contribution < -0.4 is 5.73 Å². The van der Waals surface area contributed by atoms with E-state index in [1.165, 1.54) is 0 Å². The number of hydrogen-bond donors (Lipinski definition) is 2. The fraction of sp³-hybridized carbons (Fsp3) is 0.714. The van der Waals surface area contributed by atoms with E-state index in [4.69, 9.17) is 27.2 Å². The van der Waals surface area contributed by atoms with Gasteiger partial charge in [-0.2, -0.15) is 0 Å².